The first-order valence-electron chi connectivity index (χ1n) is 5.36. The molecule has 1 aromatic heterocycles. The van der Waals surface area contributed by atoms with Crippen LogP contribution in [-0.4, -0.2) is 43.3 Å². The van der Waals surface area contributed by atoms with E-state index in [0.29, 0.717) is 11.5 Å². The number of aromatic nitrogens is 2. The smallest absolute Gasteiger partial charge is 0.150 e. The molecule has 0 aliphatic carbocycles. The van der Waals surface area contributed by atoms with Crippen LogP contribution in [-0.2, 0) is 16.9 Å². The maximum absolute atomic E-state index is 11.3. The maximum Gasteiger partial charge on any atom is 0.150 e. The van der Waals surface area contributed by atoms with Crippen molar-refractivity contribution in [3.63, 3.8) is 0 Å². The molecule has 1 aromatic rings. The molecule has 1 fully saturated rings. The highest BCUT2D eigenvalue weighted by molar-refractivity contribution is 7.91. The second-order valence-electron chi connectivity index (χ2n) is 4.52. The summed E-state index contributed by atoms with van der Waals surface area (Å²) in [5, 5.41) is 4.10. The number of hydrogen-bond donors (Lipinski definition) is 0. The van der Waals surface area contributed by atoms with Gasteiger partial charge < -0.3 is 4.90 Å². The summed E-state index contributed by atoms with van der Waals surface area (Å²) in [7, 11) is 1.08. The third kappa shape index (κ3) is 2.55. The molecule has 2 rings (SSSR count). The molecule has 0 aromatic carbocycles. The van der Waals surface area contributed by atoms with Gasteiger partial charge in [-0.15, -0.1) is 0 Å². The molecule has 1 saturated heterocycles. The molecular weight excluding hydrogens is 226 g/mol. The fourth-order valence-electron chi connectivity index (χ4n) is 2.11. The third-order valence-electron chi connectivity index (χ3n) is 2.99. The topological polar surface area (TPSA) is 55.2 Å². The molecule has 0 radical (unpaired) electrons. The van der Waals surface area contributed by atoms with Crippen LogP contribution in [0.2, 0.25) is 0 Å². The van der Waals surface area contributed by atoms with Crippen molar-refractivity contribution in [2.24, 2.45) is 13.0 Å². The minimum Gasteiger partial charge on any atom is -0.372 e. The van der Waals surface area contributed by atoms with Crippen LogP contribution in [0.5, 0.6) is 0 Å². The Morgan fingerprint density at radius 2 is 2.38 bits per heavy atom. The Bertz CT molecular complexity index is 466. The minimum absolute atomic E-state index is 0.259. The van der Waals surface area contributed by atoms with Gasteiger partial charge in [0.15, 0.2) is 9.84 Å². The molecule has 1 atom stereocenters. The van der Waals surface area contributed by atoms with Crippen molar-refractivity contribution in [1.82, 2.24) is 9.78 Å². The number of aryl methyl sites for hydroxylation is 1. The monoisotopic (exact) mass is 243 g/mol. The lowest BCUT2D eigenvalue weighted by atomic mass is 10.1. The van der Waals surface area contributed by atoms with E-state index in [0.717, 1.165) is 18.7 Å². The lowest BCUT2D eigenvalue weighted by molar-refractivity contribution is 0.581. The predicted octanol–water partition coefficient (Wildman–Crippen LogP) is 0.291. The second-order valence-corrected chi connectivity index (χ2v) is 6.75. The molecule has 90 valence electrons. The lowest BCUT2D eigenvalue weighted by Gasteiger charge is -2.20. The van der Waals surface area contributed by atoms with E-state index in [1.807, 2.05) is 20.3 Å². The van der Waals surface area contributed by atoms with E-state index in [1.54, 1.807) is 10.9 Å². The summed E-state index contributed by atoms with van der Waals surface area (Å²) in [6.45, 7) is 0.783. The number of sulfone groups is 1. The van der Waals surface area contributed by atoms with Crippen molar-refractivity contribution in [3.05, 3.63) is 12.4 Å². The summed E-state index contributed by atoms with van der Waals surface area (Å²) >= 11 is 0. The summed E-state index contributed by atoms with van der Waals surface area (Å²) in [5.41, 5.74) is 1.03. The normalized spacial score (nSPS) is 23.5. The van der Waals surface area contributed by atoms with Crippen LogP contribution in [0.4, 0.5) is 5.69 Å². The molecule has 0 amide bonds. The molecule has 16 heavy (non-hydrogen) atoms. The molecule has 0 bridgehead atoms. The summed E-state index contributed by atoms with van der Waals surface area (Å²) < 4.78 is 24.4. The van der Waals surface area contributed by atoms with E-state index >= 15 is 0 Å². The molecule has 0 N–H and O–H groups in total. The van der Waals surface area contributed by atoms with Gasteiger partial charge >= 0.3 is 0 Å². The fraction of sp³-hybridized carbons (Fsp3) is 0.700. The van der Waals surface area contributed by atoms with Crippen LogP contribution in [0.25, 0.3) is 0 Å². The number of nitrogens with zero attached hydrogens (tertiary/aromatic N) is 3. The molecule has 5 nitrogen and oxygen atoms in total. The first kappa shape index (κ1) is 11.4. The van der Waals surface area contributed by atoms with Gasteiger partial charge in [-0.2, -0.15) is 5.10 Å². The zero-order valence-electron chi connectivity index (χ0n) is 9.63. The van der Waals surface area contributed by atoms with Crippen molar-refractivity contribution in [2.75, 3.05) is 30.0 Å². The average Bonchev–Trinajstić information content (AvgIpc) is 2.73. The Kier molecular flexibility index (Phi) is 2.92. The first-order valence-corrected chi connectivity index (χ1v) is 7.18. The molecule has 0 saturated carbocycles. The van der Waals surface area contributed by atoms with Gasteiger partial charge in [0.05, 0.1) is 23.4 Å². The largest absolute Gasteiger partial charge is 0.372 e. The Morgan fingerprint density at radius 1 is 1.62 bits per heavy atom. The van der Waals surface area contributed by atoms with Gasteiger partial charge in [0.2, 0.25) is 0 Å². The molecule has 2 heterocycles. The van der Waals surface area contributed by atoms with Crippen LogP contribution in [0, 0.1) is 5.92 Å². The zero-order chi connectivity index (χ0) is 11.8. The second kappa shape index (κ2) is 4.08. The molecule has 1 unspecified atom stereocenters. The average molecular weight is 243 g/mol. The quantitative estimate of drug-likeness (QED) is 0.766. The number of rotatable bonds is 3. The van der Waals surface area contributed by atoms with Gasteiger partial charge in [-0.05, 0) is 12.3 Å². The summed E-state index contributed by atoms with van der Waals surface area (Å²) in [6.07, 6.45) is 4.51. The highest BCUT2D eigenvalue weighted by Crippen LogP contribution is 2.21. The Hall–Kier alpha value is -1.04. The number of anilines is 1. The van der Waals surface area contributed by atoms with Crippen molar-refractivity contribution in [1.29, 1.82) is 0 Å². The Balaban J connectivity index is 1.96. The standard InChI is InChI=1S/C10H17N3O2S/c1-12(10-5-11-13(2)7-10)6-9-3-4-16(14,15)8-9/h5,7,9H,3-4,6,8H2,1-2H3. The molecule has 0 spiro atoms. The SMILES string of the molecule is CN(CC1CCS(=O)(=O)C1)c1cnn(C)c1. The highest BCUT2D eigenvalue weighted by atomic mass is 32.2. The molecule has 6 heteroatoms. The van der Waals surface area contributed by atoms with E-state index in [4.69, 9.17) is 0 Å². The van der Waals surface area contributed by atoms with E-state index in [2.05, 4.69) is 10.00 Å². The van der Waals surface area contributed by atoms with E-state index in [9.17, 15) is 8.42 Å². The summed E-state index contributed by atoms with van der Waals surface area (Å²) in [4.78, 5) is 2.07. The van der Waals surface area contributed by atoms with Crippen LogP contribution in [0.3, 0.4) is 0 Å². The van der Waals surface area contributed by atoms with Crippen molar-refractivity contribution < 1.29 is 8.42 Å². The van der Waals surface area contributed by atoms with Gasteiger partial charge in [-0.25, -0.2) is 8.42 Å². The van der Waals surface area contributed by atoms with Crippen molar-refractivity contribution in [2.45, 2.75) is 6.42 Å². The first-order chi connectivity index (χ1) is 7.46. The van der Waals surface area contributed by atoms with E-state index in [-0.39, 0.29) is 5.92 Å². The van der Waals surface area contributed by atoms with E-state index < -0.39 is 9.84 Å². The Labute approximate surface area is 96.0 Å². The van der Waals surface area contributed by atoms with Crippen molar-refractivity contribution in [3.8, 4) is 0 Å². The Morgan fingerprint density at radius 3 is 2.88 bits per heavy atom. The highest BCUT2D eigenvalue weighted by Gasteiger charge is 2.28. The number of hydrogen-bond acceptors (Lipinski definition) is 4. The van der Waals surface area contributed by atoms with Crippen LogP contribution < -0.4 is 4.90 Å². The van der Waals surface area contributed by atoms with Crippen LogP contribution in [0.15, 0.2) is 12.4 Å². The molecular formula is C10H17N3O2S. The van der Waals surface area contributed by atoms with E-state index in [1.165, 1.54) is 0 Å². The maximum atomic E-state index is 11.3. The molecule has 1 aliphatic heterocycles. The zero-order valence-corrected chi connectivity index (χ0v) is 10.4. The van der Waals surface area contributed by atoms with Crippen molar-refractivity contribution >= 4 is 15.5 Å². The third-order valence-corrected chi connectivity index (χ3v) is 4.83. The minimum atomic E-state index is -2.77. The summed E-state index contributed by atoms with van der Waals surface area (Å²) in [5.74, 6) is 0.936. The van der Waals surface area contributed by atoms with Gasteiger partial charge in [0.25, 0.3) is 0 Å². The summed E-state index contributed by atoms with van der Waals surface area (Å²) in [6, 6.07) is 0. The molecule has 1 aliphatic rings. The van der Waals surface area contributed by atoms with Crippen LogP contribution in [0.1, 0.15) is 6.42 Å². The van der Waals surface area contributed by atoms with Gasteiger partial charge in [0.1, 0.15) is 0 Å². The van der Waals surface area contributed by atoms with Gasteiger partial charge in [-0.3, -0.25) is 4.68 Å². The predicted molar refractivity (Wildman–Crippen MR) is 63.2 cm³/mol. The van der Waals surface area contributed by atoms with Gasteiger partial charge in [-0.1, -0.05) is 0 Å². The fourth-order valence-corrected chi connectivity index (χ4v) is 3.96. The van der Waals surface area contributed by atoms with Crippen LogP contribution >= 0.6 is 0 Å². The lowest BCUT2D eigenvalue weighted by Crippen LogP contribution is -2.25. The van der Waals surface area contributed by atoms with Gasteiger partial charge in [0, 0.05) is 26.8 Å².